The third-order valence-corrected chi connectivity index (χ3v) is 4.65. The van der Waals surface area contributed by atoms with Crippen LogP contribution in [-0.4, -0.2) is 28.9 Å². The van der Waals surface area contributed by atoms with Gasteiger partial charge in [0.1, 0.15) is 21.7 Å². The first-order chi connectivity index (χ1) is 11.8. The Balaban J connectivity index is 1.96. The summed E-state index contributed by atoms with van der Waals surface area (Å²) in [4.78, 5) is 11.8. The molecule has 0 bridgehead atoms. The van der Waals surface area contributed by atoms with Crippen LogP contribution in [0, 0.1) is 13.8 Å². The maximum absolute atomic E-state index is 11.8. The van der Waals surface area contributed by atoms with E-state index in [1.807, 2.05) is 32.0 Å². The number of benzene rings is 2. The SMILES string of the molecule is Cc1ccc(C)c(OCC(=O)N/N=C/c2cc(Br)c(O)c(Br)c2O)c1. The Morgan fingerprint density at radius 1 is 1.24 bits per heavy atom. The van der Waals surface area contributed by atoms with Gasteiger partial charge < -0.3 is 14.9 Å². The lowest BCUT2D eigenvalue weighted by Gasteiger charge is -2.09. The molecule has 0 radical (unpaired) electrons. The largest absolute Gasteiger partial charge is 0.506 e. The normalized spacial score (nSPS) is 10.9. The van der Waals surface area contributed by atoms with Crippen molar-refractivity contribution in [1.29, 1.82) is 0 Å². The summed E-state index contributed by atoms with van der Waals surface area (Å²) in [6, 6.07) is 7.21. The Morgan fingerprint density at radius 2 is 1.96 bits per heavy atom. The lowest BCUT2D eigenvalue weighted by molar-refractivity contribution is -0.123. The minimum absolute atomic E-state index is 0.124. The van der Waals surface area contributed by atoms with Crippen LogP contribution in [-0.2, 0) is 4.79 Å². The molecule has 2 aromatic carbocycles. The second kappa shape index (κ2) is 8.35. The number of phenolic OH excluding ortho intramolecular Hbond substituents is 2. The fraction of sp³-hybridized carbons (Fsp3) is 0.176. The quantitative estimate of drug-likeness (QED) is 0.457. The smallest absolute Gasteiger partial charge is 0.277 e. The van der Waals surface area contributed by atoms with Crippen molar-refractivity contribution in [2.24, 2.45) is 5.10 Å². The second-order valence-corrected chi connectivity index (χ2v) is 6.96. The van der Waals surface area contributed by atoms with Crippen LogP contribution in [0.25, 0.3) is 0 Å². The summed E-state index contributed by atoms with van der Waals surface area (Å²) in [5, 5.41) is 23.4. The second-order valence-electron chi connectivity index (χ2n) is 5.31. The minimum atomic E-state index is -0.437. The molecular weight excluding hydrogens is 456 g/mol. The molecule has 0 aromatic heterocycles. The molecule has 0 aliphatic rings. The highest BCUT2D eigenvalue weighted by Crippen LogP contribution is 2.40. The van der Waals surface area contributed by atoms with Crippen LogP contribution in [0.5, 0.6) is 17.2 Å². The van der Waals surface area contributed by atoms with Crippen LogP contribution in [0.3, 0.4) is 0 Å². The Bertz CT molecular complexity index is 838. The van der Waals surface area contributed by atoms with Gasteiger partial charge in [0, 0.05) is 5.56 Å². The Kier molecular flexibility index (Phi) is 6.44. The van der Waals surface area contributed by atoms with Gasteiger partial charge in [-0.2, -0.15) is 5.10 Å². The van der Waals surface area contributed by atoms with Gasteiger partial charge in [0.25, 0.3) is 5.91 Å². The summed E-state index contributed by atoms with van der Waals surface area (Å²) in [5.74, 6) is -0.109. The zero-order chi connectivity index (χ0) is 18.6. The van der Waals surface area contributed by atoms with Gasteiger partial charge in [0.05, 0.1) is 10.7 Å². The molecule has 25 heavy (non-hydrogen) atoms. The molecule has 6 nitrogen and oxygen atoms in total. The van der Waals surface area contributed by atoms with Crippen LogP contribution < -0.4 is 10.2 Å². The molecule has 2 aromatic rings. The van der Waals surface area contributed by atoms with E-state index in [4.69, 9.17) is 4.74 Å². The van der Waals surface area contributed by atoms with Gasteiger partial charge >= 0.3 is 0 Å². The standard InChI is InChI=1S/C17H16Br2N2O4/c1-9-3-4-10(2)13(5-9)25-8-14(22)21-20-7-11-6-12(18)17(24)15(19)16(11)23/h3-7,23-24H,8H2,1-2H3,(H,21,22)/b20-7+. The third-order valence-electron chi connectivity index (χ3n) is 3.29. The highest BCUT2D eigenvalue weighted by Gasteiger charge is 2.13. The van der Waals surface area contributed by atoms with Gasteiger partial charge in [0.2, 0.25) is 0 Å². The zero-order valence-corrected chi connectivity index (χ0v) is 16.7. The number of aromatic hydroxyl groups is 2. The third kappa shape index (κ3) is 4.96. The number of hydrogen-bond acceptors (Lipinski definition) is 5. The molecule has 0 unspecified atom stereocenters. The molecule has 1 amide bonds. The van der Waals surface area contributed by atoms with E-state index in [0.29, 0.717) is 15.8 Å². The van der Waals surface area contributed by atoms with Crippen molar-refractivity contribution in [3.05, 3.63) is 49.9 Å². The van der Waals surface area contributed by atoms with Gasteiger partial charge in [-0.3, -0.25) is 4.79 Å². The summed E-state index contributed by atoms with van der Waals surface area (Å²) >= 11 is 6.22. The highest BCUT2D eigenvalue weighted by molar-refractivity contribution is 9.11. The number of ether oxygens (including phenoxy) is 1. The Hall–Kier alpha value is -2.06. The van der Waals surface area contributed by atoms with Crippen LogP contribution >= 0.6 is 31.9 Å². The van der Waals surface area contributed by atoms with Crippen molar-refractivity contribution in [3.8, 4) is 17.2 Å². The monoisotopic (exact) mass is 470 g/mol. The number of nitrogens with zero attached hydrogens (tertiary/aromatic N) is 1. The van der Waals surface area contributed by atoms with Crippen molar-refractivity contribution in [1.82, 2.24) is 5.43 Å². The molecule has 0 aliphatic carbocycles. The van der Waals surface area contributed by atoms with Gasteiger partial charge in [-0.1, -0.05) is 12.1 Å². The average Bonchev–Trinajstić information content (AvgIpc) is 2.58. The molecule has 132 valence electrons. The molecule has 3 N–H and O–H groups in total. The fourth-order valence-corrected chi connectivity index (χ4v) is 3.08. The number of hydrazone groups is 1. The van der Waals surface area contributed by atoms with Crippen LogP contribution in [0.15, 0.2) is 38.3 Å². The number of nitrogens with one attached hydrogen (secondary N) is 1. The van der Waals surface area contributed by atoms with Crippen molar-refractivity contribution in [3.63, 3.8) is 0 Å². The molecule has 0 fully saturated rings. The van der Waals surface area contributed by atoms with Crippen molar-refractivity contribution >= 4 is 44.0 Å². The van der Waals surface area contributed by atoms with E-state index in [1.54, 1.807) is 0 Å². The van der Waals surface area contributed by atoms with E-state index >= 15 is 0 Å². The number of hydrogen-bond donors (Lipinski definition) is 3. The Labute approximate surface area is 161 Å². The molecule has 0 atom stereocenters. The lowest BCUT2D eigenvalue weighted by Crippen LogP contribution is -2.24. The van der Waals surface area contributed by atoms with E-state index in [0.717, 1.165) is 11.1 Å². The van der Waals surface area contributed by atoms with Crippen LogP contribution in [0.2, 0.25) is 0 Å². The summed E-state index contributed by atoms with van der Waals surface area (Å²) in [7, 11) is 0. The molecule has 0 heterocycles. The first-order valence-electron chi connectivity index (χ1n) is 7.21. The average molecular weight is 472 g/mol. The van der Waals surface area contributed by atoms with E-state index in [9.17, 15) is 15.0 Å². The first-order valence-corrected chi connectivity index (χ1v) is 8.80. The van der Waals surface area contributed by atoms with E-state index in [-0.39, 0.29) is 22.6 Å². The number of rotatable bonds is 5. The molecular formula is C17H16Br2N2O4. The number of carbonyl (C=O) groups is 1. The van der Waals surface area contributed by atoms with Gasteiger partial charge in [-0.25, -0.2) is 5.43 Å². The number of carbonyl (C=O) groups excluding carboxylic acids is 1. The van der Waals surface area contributed by atoms with E-state index in [2.05, 4.69) is 42.4 Å². The predicted molar refractivity (Wildman–Crippen MR) is 102 cm³/mol. The van der Waals surface area contributed by atoms with Crippen molar-refractivity contribution in [2.45, 2.75) is 13.8 Å². The summed E-state index contributed by atoms with van der Waals surface area (Å²) < 4.78 is 5.99. The number of halogens is 2. The molecule has 8 heteroatoms. The summed E-state index contributed by atoms with van der Waals surface area (Å²) in [5.41, 5.74) is 4.61. The molecule has 0 aliphatic heterocycles. The summed E-state index contributed by atoms with van der Waals surface area (Å²) in [6.45, 7) is 3.65. The minimum Gasteiger partial charge on any atom is -0.506 e. The summed E-state index contributed by atoms with van der Waals surface area (Å²) in [6.07, 6.45) is 1.26. The fourth-order valence-electron chi connectivity index (χ4n) is 1.93. The molecule has 0 spiro atoms. The van der Waals surface area contributed by atoms with Crippen LogP contribution in [0.4, 0.5) is 0 Å². The zero-order valence-electron chi connectivity index (χ0n) is 13.5. The topological polar surface area (TPSA) is 91.2 Å². The maximum Gasteiger partial charge on any atom is 0.277 e. The number of amides is 1. The maximum atomic E-state index is 11.8. The van der Waals surface area contributed by atoms with Crippen molar-refractivity contribution < 1.29 is 19.7 Å². The molecule has 0 saturated heterocycles. The number of phenols is 2. The van der Waals surface area contributed by atoms with Gasteiger partial charge in [-0.05, 0) is 69.0 Å². The van der Waals surface area contributed by atoms with Crippen LogP contribution in [0.1, 0.15) is 16.7 Å². The van der Waals surface area contributed by atoms with E-state index < -0.39 is 5.91 Å². The first kappa shape index (κ1) is 19.3. The van der Waals surface area contributed by atoms with Gasteiger partial charge in [0.15, 0.2) is 6.61 Å². The lowest BCUT2D eigenvalue weighted by atomic mass is 10.1. The Morgan fingerprint density at radius 3 is 2.68 bits per heavy atom. The van der Waals surface area contributed by atoms with E-state index in [1.165, 1.54) is 12.3 Å². The van der Waals surface area contributed by atoms with Crippen molar-refractivity contribution in [2.75, 3.05) is 6.61 Å². The number of aryl methyl sites for hydroxylation is 2. The highest BCUT2D eigenvalue weighted by atomic mass is 79.9. The predicted octanol–water partition coefficient (Wildman–Crippen LogP) is 3.77. The molecule has 0 saturated carbocycles. The van der Waals surface area contributed by atoms with Gasteiger partial charge in [-0.15, -0.1) is 0 Å². The molecule has 2 rings (SSSR count).